The van der Waals surface area contributed by atoms with Crippen LogP contribution in [-0.2, 0) is 20.0 Å². The van der Waals surface area contributed by atoms with Gasteiger partial charge in [0.15, 0.2) is 14.6 Å². The molecule has 156 valence electrons. The molecular formula is C23H29NO4S. The van der Waals surface area contributed by atoms with Crippen LogP contribution >= 0.6 is 0 Å². The number of amides is 1. The number of hydrogen-bond donors (Lipinski definition) is 1. The molecule has 0 heterocycles. The van der Waals surface area contributed by atoms with E-state index in [1.165, 1.54) is 7.11 Å². The predicted octanol–water partition coefficient (Wildman–Crippen LogP) is 4.72. The molecule has 6 heteroatoms. The second-order valence-electron chi connectivity index (χ2n) is 8.64. The quantitative estimate of drug-likeness (QED) is 0.767. The lowest BCUT2D eigenvalue weighted by atomic mass is 9.86. The molecule has 1 amide bonds. The van der Waals surface area contributed by atoms with Crippen LogP contribution in [0.2, 0.25) is 0 Å². The molecule has 0 spiro atoms. The molecule has 0 aromatic heterocycles. The van der Waals surface area contributed by atoms with Crippen LogP contribution < -0.4 is 10.1 Å². The van der Waals surface area contributed by atoms with Crippen LogP contribution in [0.5, 0.6) is 5.75 Å². The maximum absolute atomic E-state index is 13.5. The Balaban J connectivity index is 2.02. The highest BCUT2D eigenvalue weighted by Gasteiger charge is 2.53. The highest BCUT2D eigenvalue weighted by Crippen LogP contribution is 2.42. The van der Waals surface area contributed by atoms with E-state index in [0.717, 1.165) is 5.56 Å². The Morgan fingerprint density at radius 2 is 1.66 bits per heavy atom. The van der Waals surface area contributed by atoms with Crippen LogP contribution in [0.15, 0.2) is 53.4 Å². The van der Waals surface area contributed by atoms with Gasteiger partial charge in [-0.3, -0.25) is 4.79 Å². The maximum Gasteiger partial charge on any atom is 0.246 e. The zero-order valence-electron chi connectivity index (χ0n) is 17.5. The average Bonchev–Trinajstić information content (AvgIpc) is 3.20. The van der Waals surface area contributed by atoms with Crippen molar-refractivity contribution in [1.29, 1.82) is 0 Å². The fourth-order valence-electron chi connectivity index (χ4n) is 3.90. The second kappa shape index (κ2) is 7.82. The van der Waals surface area contributed by atoms with Gasteiger partial charge < -0.3 is 10.1 Å². The maximum atomic E-state index is 13.5. The lowest BCUT2D eigenvalue weighted by molar-refractivity contribution is -0.118. The summed E-state index contributed by atoms with van der Waals surface area (Å²) >= 11 is 0. The van der Waals surface area contributed by atoms with Gasteiger partial charge in [-0.2, -0.15) is 0 Å². The van der Waals surface area contributed by atoms with Gasteiger partial charge in [0.25, 0.3) is 0 Å². The second-order valence-corrected chi connectivity index (χ2v) is 10.9. The van der Waals surface area contributed by atoms with E-state index in [0.29, 0.717) is 37.1 Å². The molecule has 5 nitrogen and oxygen atoms in total. The SMILES string of the molecule is COc1ccc(C(C)(C)C)cc1NC(=O)C1(S(=O)(=O)c2ccccc2)CCCC1. The number of ether oxygens (including phenoxy) is 1. The number of carbonyl (C=O) groups is 1. The lowest BCUT2D eigenvalue weighted by Gasteiger charge is -2.28. The smallest absolute Gasteiger partial charge is 0.246 e. The Kier molecular flexibility index (Phi) is 5.77. The van der Waals surface area contributed by atoms with Gasteiger partial charge >= 0.3 is 0 Å². The summed E-state index contributed by atoms with van der Waals surface area (Å²) in [5.74, 6) is 0.0276. The van der Waals surface area contributed by atoms with Gasteiger partial charge in [0.05, 0.1) is 17.7 Å². The standard InChI is InChI=1S/C23H29NO4S/c1-22(2,3)17-12-13-20(28-4)19(16-17)24-21(25)23(14-8-9-15-23)29(26,27)18-10-6-5-7-11-18/h5-7,10-13,16H,8-9,14-15H2,1-4H3,(H,24,25). The van der Waals surface area contributed by atoms with Gasteiger partial charge in [-0.05, 0) is 48.1 Å². The minimum absolute atomic E-state index is 0.118. The molecule has 1 saturated carbocycles. The molecule has 0 aliphatic heterocycles. The molecule has 2 aromatic carbocycles. The minimum Gasteiger partial charge on any atom is -0.495 e. The molecule has 0 saturated heterocycles. The van der Waals surface area contributed by atoms with Gasteiger partial charge in [0, 0.05) is 0 Å². The first-order valence-corrected chi connectivity index (χ1v) is 11.4. The summed E-state index contributed by atoms with van der Waals surface area (Å²) < 4.78 is 30.9. The van der Waals surface area contributed by atoms with Crippen molar-refractivity contribution in [2.45, 2.75) is 61.5 Å². The number of carbonyl (C=O) groups excluding carboxylic acids is 1. The van der Waals surface area contributed by atoms with Crippen molar-refractivity contribution in [2.24, 2.45) is 0 Å². The third-order valence-corrected chi connectivity index (χ3v) is 8.22. The third kappa shape index (κ3) is 3.90. The average molecular weight is 416 g/mol. The van der Waals surface area contributed by atoms with E-state index in [1.807, 2.05) is 18.2 Å². The number of sulfone groups is 1. The zero-order chi connectivity index (χ0) is 21.3. The normalized spacial score (nSPS) is 16.4. The molecule has 0 unspecified atom stereocenters. The summed E-state index contributed by atoms with van der Waals surface area (Å²) in [6.45, 7) is 6.25. The van der Waals surface area contributed by atoms with E-state index in [2.05, 4.69) is 26.1 Å². The van der Waals surface area contributed by atoms with Crippen LogP contribution in [0.4, 0.5) is 5.69 Å². The van der Waals surface area contributed by atoms with Crippen molar-refractivity contribution in [1.82, 2.24) is 0 Å². The summed E-state index contributed by atoms with van der Waals surface area (Å²) in [7, 11) is -2.30. The Hall–Kier alpha value is -2.34. The van der Waals surface area contributed by atoms with Crippen LogP contribution in [0, 0.1) is 0 Å². The molecule has 0 radical (unpaired) electrons. The fourth-order valence-corrected chi connectivity index (χ4v) is 5.99. The van der Waals surface area contributed by atoms with E-state index >= 15 is 0 Å². The van der Waals surface area contributed by atoms with Crippen molar-refractivity contribution in [3.05, 3.63) is 54.1 Å². The summed E-state index contributed by atoms with van der Waals surface area (Å²) in [5.41, 5.74) is 1.41. The minimum atomic E-state index is -3.83. The number of methoxy groups -OCH3 is 1. The first-order valence-electron chi connectivity index (χ1n) is 9.91. The lowest BCUT2D eigenvalue weighted by Crippen LogP contribution is -2.47. The molecule has 1 aliphatic carbocycles. The fraction of sp³-hybridized carbons (Fsp3) is 0.435. The Morgan fingerprint density at radius 3 is 2.21 bits per heavy atom. The third-order valence-electron chi connectivity index (χ3n) is 5.71. The first-order chi connectivity index (χ1) is 13.6. The summed E-state index contributed by atoms with van der Waals surface area (Å²) in [6, 6.07) is 13.9. The Bertz CT molecular complexity index is 985. The summed E-state index contributed by atoms with van der Waals surface area (Å²) in [4.78, 5) is 13.6. The van der Waals surface area contributed by atoms with Crippen LogP contribution in [-0.4, -0.2) is 26.2 Å². The highest BCUT2D eigenvalue weighted by molar-refractivity contribution is 7.93. The molecule has 3 rings (SSSR count). The topological polar surface area (TPSA) is 72.5 Å². The van der Waals surface area contributed by atoms with Crippen molar-refractivity contribution >= 4 is 21.4 Å². The zero-order valence-corrected chi connectivity index (χ0v) is 18.3. The van der Waals surface area contributed by atoms with Crippen molar-refractivity contribution in [3.8, 4) is 5.75 Å². The van der Waals surface area contributed by atoms with Crippen LogP contribution in [0.1, 0.15) is 52.0 Å². The molecule has 0 bridgehead atoms. The molecule has 29 heavy (non-hydrogen) atoms. The molecular weight excluding hydrogens is 386 g/mol. The molecule has 1 aliphatic rings. The predicted molar refractivity (Wildman–Crippen MR) is 115 cm³/mol. The number of anilines is 1. The highest BCUT2D eigenvalue weighted by atomic mass is 32.2. The van der Waals surface area contributed by atoms with Gasteiger partial charge in [-0.1, -0.05) is 57.9 Å². The van der Waals surface area contributed by atoms with Crippen molar-refractivity contribution in [3.63, 3.8) is 0 Å². The number of hydrogen-bond acceptors (Lipinski definition) is 4. The molecule has 1 N–H and O–H groups in total. The number of benzene rings is 2. The Morgan fingerprint density at radius 1 is 1.03 bits per heavy atom. The van der Waals surface area contributed by atoms with Gasteiger partial charge in [-0.25, -0.2) is 8.42 Å². The monoisotopic (exact) mass is 415 g/mol. The summed E-state index contributed by atoms with van der Waals surface area (Å²) in [6.07, 6.45) is 2.05. The molecule has 1 fully saturated rings. The number of rotatable bonds is 5. The van der Waals surface area contributed by atoms with Gasteiger partial charge in [0.1, 0.15) is 5.75 Å². The van der Waals surface area contributed by atoms with Crippen LogP contribution in [0.25, 0.3) is 0 Å². The van der Waals surface area contributed by atoms with Crippen molar-refractivity contribution in [2.75, 3.05) is 12.4 Å². The van der Waals surface area contributed by atoms with E-state index in [9.17, 15) is 13.2 Å². The summed E-state index contributed by atoms with van der Waals surface area (Å²) in [5, 5.41) is 2.89. The first kappa shape index (κ1) is 21.4. The van der Waals surface area contributed by atoms with E-state index in [-0.39, 0.29) is 10.3 Å². The molecule has 0 atom stereocenters. The Labute approximate surface area is 173 Å². The van der Waals surface area contributed by atoms with Gasteiger partial charge in [-0.15, -0.1) is 0 Å². The van der Waals surface area contributed by atoms with Crippen molar-refractivity contribution < 1.29 is 17.9 Å². The largest absolute Gasteiger partial charge is 0.495 e. The van der Waals surface area contributed by atoms with Gasteiger partial charge in [0.2, 0.25) is 5.91 Å². The van der Waals surface area contributed by atoms with Crippen LogP contribution in [0.3, 0.4) is 0 Å². The van der Waals surface area contributed by atoms with E-state index in [1.54, 1.807) is 30.3 Å². The molecule has 2 aromatic rings. The number of nitrogens with one attached hydrogen (secondary N) is 1. The van der Waals surface area contributed by atoms with E-state index < -0.39 is 20.5 Å². The van der Waals surface area contributed by atoms with E-state index in [4.69, 9.17) is 4.74 Å².